The van der Waals surface area contributed by atoms with Crippen molar-refractivity contribution in [2.45, 2.75) is 6.92 Å². The van der Waals surface area contributed by atoms with E-state index >= 15 is 0 Å². The first kappa shape index (κ1) is 16.4. The third-order valence-electron chi connectivity index (χ3n) is 1.95. The van der Waals surface area contributed by atoms with Gasteiger partial charge in [0.25, 0.3) is 0 Å². The largest absolute Gasteiger partial charge is 0.461 e. The van der Waals surface area contributed by atoms with Gasteiger partial charge in [-0.15, -0.1) is 0 Å². The number of rotatable bonds is 2. The fourth-order valence-corrected chi connectivity index (χ4v) is 1.47. The molecule has 2 N–H and O–H groups in total. The number of carbonyl (C=O) groups is 1. The molecule has 2 aromatic rings. The van der Waals surface area contributed by atoms with Gasteiger partial charge in [-0.2, -0.15) is 8.42 Å². The lowest BCUT2D eigenvalue weighted by atomic mass is 10.4. The van der Waals surface area contributed by atoms with E-state index in [2.05, 4.69) is 4.98 Å². The van der Waals surface area contributed by atoms with Crippen molar-refractivity contribution in [1.82, 2.24) is 9.38 Å². The van der Waals surface area contributed by atoms with Gasteiger partial charge in [-0.3, -0.25) is 13.5 Å². The Bertz CT molecular complexity index is 704. The third-order valence-corrected chi connectivity index (χ3v) is 2.18. The highest BCUT2D eigenvalue weighted by Gasteiger charge is 2.12. The summed E-state index contributed by atoms with van der Waals surface area (Å²) < 4.78 is 38.1. The van der Waals surface area contributed by atoms with Crippen molar-refractivity contribution in [3.05, 3.63) is 35.2 Å². The maximum absolute atomic E-state index is 11.5. The topological polar surface area (TPSA) is 118 Å². The summed E-state index contributed by atoms with van der Waals surface area (Å²) >= 11 is 5.83. The molecule has 0 spiro atoms. The number of hydrogen-bond acceptors (Lipinski definition) is 5. The predicted octanol–water partition coefficient (Wildman–Crippen LogP) is 1.51. The first-order chi connectivity index (χ1) is 9.22. The molecule has 2 rings (SSSR count). The number of halogens is 1. The molecule has 0 fully saturated rings. The van der Waals surface area contributed by atoms with Crippen LogP contribution in [0, 0.1) is 0 Å². The second-order valence-corrected chi connectivity index (χ2v) is 4.72. The summed E-state index contributed by atoms with van der Waals surface area (Å²) in [6.45, 7) is 2.10. The summed E-state index contributed by atoms with van der Waals surface area (Å²) in [5, 5.41) is 0.547. The summed E-state index contributed by atoms with van der Waals surface area (Å²) in [7, 11) is -4.67. The number of imidazole rings is 1. The Morgan fingerprint density at radius 2 is 2.05 bits per heavy atom. The highest BCUT2D eigenvalue weighted by atomic mass is 35.5. The maximum Gasteiger partial charge on any atom is 0.394 e. The fraction of sp³-hybridized carbons (Fsp3) is 0.200. The van der Waals surface area contributed by atoms with Crippen molar-refractivity contribution in [2.24, 2.45) is 0 Å². The molecule has 0 aliphatic rings. The van der Waals surface area contributed by atoms with E-state index in [1.54, 1.807) is 29.7 Å². The lowest BCUT2D eigenvalue weighted by molar-refractivity contribution is 0.0518. The molecule has 0 aliphatic carbocycles. The minimum absolute atomic E-state index is 0.340. The van der Waals surface area contributed by atoms with Gasteiger partial charge >= 0.3 is 16.4 Å². The molecular formula is C10H11ClN2O6S. The zero-order valence-electron chi connectivity index (χ0n) is 10.2. The van der Waals surface area contributed by atoms with Gasteiger partial charge in [-0.25, -0.2) is 9.78 Å². The lowest BCUT2D eigenvalue weighted by Gasteiger charge is -2.01. The Kier molecular flexibility index (Phi) is 5.45. The molecule has 0 aromatic carbocycles. The smallest absolute Gasteiger partial charge is 0.394 e. The molecule has 2 heterocycles. The first-order valence-electron chi connectivity index (χ1n) is 5.22. The zero-order valence-corrected chi connectivity index (χ0v) is 11.8. The Hall–Kier alpha value is -1.68. The van der Waals surface area contributed by atoms with Gasteiger partial charge in [0.2, 0.25) is 0 Å². The second kappa shape index (κ2) is 6.66. The monoisotopic (exact) mass is 322 g/mol. The Morgan fingerprint density at radius 1 is 1.45 bits per heavy atom. The highest BCUT2D eigenvalue weighted by molar-refractivity contribution is 7.79. The van der Waals surface area contributed by atoms with Crippen molar-refractivity contribution in [1.29, 1.82) is 0 Å². The van der Waals surface area contributed by atoms with Crippen molar-refractivity contribution in [3.8, 4) is 0 Å². The van der Waals surface area contributed by atoms with Crippen molar-refractivity contribution in [3.63, 3.8) is 0 Å². The fourth-order valence-electron chi connectivity index (χ4n) is 1.31. The van der Waals surface area contributed by atoms with Crippen LogP contribution >= 0.6 is 11.6 Å². The predicted molar refractivity (Wildman–Crippen MR) is 70.3 cm³/mol. The summed E-state index contributed by atoms with van der Waals surface area (Å²) in [5.74, 6) is -0.396. The normalized spacial score (nSPS) is 10.8. The summed E-state index contributed by atoms with van der Waals surface area (Å²) in [6.07, 6.45) is 3.11. The quantitative estimate of drug-likeness (QED) is 0.635. The van der Waals surface area contributed by atoms with Crippen LogP contribution in [0.2, 0.25) is 5.02 Å². The minimum atomic E-state index is -4.67. The number of esters is 1. The molecule has 0 saturated carbocycles. The highest BCUT2D eigenvalue weighted by Crippen LogP contribution is 2.13. The first-order valence-corrected chi connectivity index (χ1v) is 6.99. The zero-order chi connectivity index (χ0) is 15.3. The van der Waals surface area contributed by atoms with Gasteiger partial charge < -0.3 is 4.74 Å². The molecule has 0 aliphatic heterocycles. The number of nitrogens with zero attached hydrogens (tertiary/aromatic N) is 2. The maximum atomic E-state index is 11.5. The number of carbonyl (C=O) groups excluding carboxylic acids is 1. The molecule has 10 heteroatoms. The van der Waals surface area contributed by atoms with E-state index in [0.717, 1.165) is 0 Å². The van der Waals surface area contributed by atoms with E-state index in [1.807, 2.05) is 0 Å². The van der Waals surface area contributed by atoms with Crippen LogP contribution in [0.15, 0.2) is 24.5 Å². The third kappa shape index (κ3) is 5.13. The number of ether oxygens (including phenoxy) is 1. The minimum Gasteiger partial charge on any atom is -0.461 e. The van der Waals surface area contributed by atoms with Crippen LogP contribution in [-0.2, 0) is 15.1 Å². The molecule has 110 valence electrons. The van der Waals surface area contributed by atoms with E-state index in [-0.39, 0.29) is 0 Å². The van der Waals surface area contributed by atoms with E-state index in [4.69, 9.17) is 33.9 Å². The van der Waals surface area contributed by atoms with Crippen LogP contribution in [0.4, 0.5) is 0 Å². The SMILES string of the molecule is CCOC(=O)c1cnc2ccc(Cl)cn12.O=S(=O)(O)O. The van der Waals surface area contributed by atoms with Crippen LogP contribution in [0.1, 0.15) is 17.4 Å². The van der Waals surface area contributed by atoms with Crippen LogP contribution in [0.25, 0.3) is 5.65 Å². The Balaban J connectivity index is 0.000000347. The van der Waals surface area contributed by atoms with E-state index in [1.165, 1.54) is 6.20 Å². The Labute approximate surface area is 119 Å². The standard InChI is InChI=1S/C10H9ClN2O2.H2O4S/c1-2-15-10(14)8-5-12-9-4-3-7(11)6-13(8)9;1-5(2,3)4/h3-6H,2H2,1H3;(H2,1,2,3,4). The molecule has 8 nitrogen and oxygen atoms in total. The number of fused-ring (bicyclic) bond motifs is 1. The van der Waals surface area contributed by atoms with Crippen LogP contribution in [-0.4, -0.2) is 39.5 Å². The van der Waals surface area contributed by atoms with Gasteiger partial charge in [0.1, 0.15) is 5.65 Å². The molecular weight excluding hydrogens is 312 g/mol. The average molecular weight is 323 g/mol. The molecule has 0 bridgehead atoms. The summed E-state index contributed by atoms with van der Waals surface area (Å²) in [4.78, 5) is 15.6. The molecule has 0 amide bonds. The number of pyridine rings is 1. The molecule has 0 unspecified atom stereocenters. The molecule has 0 atom stereocenters. The molecule has 0 saturated heterocycles. The summed E-state index contributed by atoms with van der Waals surface area (Å²) in [5.41, 5.74) is 1.05. The molecule has 0 radical (unpaired) electrons. The van der Waals surface area contributed by atoms with Gasteiger partial charge in [0.05, 0.1) is 17.8 Å². The van der Waals surface area contributed by atoms with E-state index in [0.29, 0.717) is 23.0 Å². The van der Waals surface area contributed by atoms with E-state index < -0.39 is 16.4 Å². The Morgan fingerprint density at radius 3 is 2.60 bits per heavy atom. The van der Waals surface area contributed by atoms with Gasteiger partial charge in [0.15, 0.2) is 5.69 Å². The van der Waals surface area contributed by atoms with Gasteiger partial charge in [-0.1, -0.05) is 11.6 Å². The van der Waals surface area contributed by atoms with Crippen molar-refractivity contribution >= 4 is 33.6 Å². The summed E-state index contributed by atoms with van der Waals surface area (Å²) in [6, 6.07) is 3.46. The van der Waals surface area contributed by atoms with Crippen LogP contribution in [0.3, 0.4) is 0 Å². The van der Waals surface area contributed by atoms with E-state index in [9.17, 15) is 4.79 Å². The van der Waals surface area contributed by atoms with Gasteiger partial charge in [0, 0.05) is 6.20 Å². The van der Waals surface area contributed by atoms with Crippen molar-refractivity contribution < 1.29 is 27.1 Å². The molecule has 2 aromatic heterocycles. The van der Waals surface area contributed by atoms with Crippen LogP contribution < -0.4 is 0 Å². The lowest BCUT2D eigenvalue weighted by Crippen LogP contribution is -2.07. The number of aromatic nitrogens is 2. The van der Waals surface area contributed by atoms with Gasteiger partial charge in [-0.05, 0) is 19.1 Å². The van der Waals surface area contributed by atoms with Crippen LogP contribution in [0.5, 0.6) is 0 Å². The van der Waals surface area contributed by atoms with Crippen molar-refractivity contribution in [2.75, 3.05) is 6.61 Å². The second-order valence-electron chi connectivity index (χ2n) is 3.39. The number of hydrogen-bond donors (Lipinski definition) is 2. The molecule has 20 heavy (non-hydrogen) atoms. The average Bonchev–Trinajstić information content (AvgIpc) is 2.69.